The van der Waals surface area contributed by atoms with Crippen molar-refractivity contribution in [1.82, 2.24) is 10.2 Å². The molecule has 0 bridgehead atoms. The van der Waals surface area contributed by atoms with E-state index in [0.29, 0.717) is 17.4 Å². The van der Waals surface area contributed by atoms with Crippen molar-refractivity contribution in [3.05, 3.63) is 34.9 Å². The molecule has 0 spiro atoms. The Hall–Kier alpha value is -0.570. The van der Waals surface area contributed by atoms with Crippen molar-refractivity contribution in [3.63, 3.8) is 0 Å². The molecule has 0 saturated heterocycles. The Morgan fingerprint density at radius 3 is 2.71 bits per heavy atom. The molecule has 2 unspecified atom stereocenters. The van der Waals surface area contributed by atoms with Crippen LogP contribution in [0.2, 0.25) is 5.02 Å². The summed E-state index contributed by atoms with van der Waals surface area (Å²) in [7, 11) is 4.31. The van der Waals surface area contributed by atoms with Crippen molar-refractivity contribution in [2.75, 3.05) is 20.6 Å². The maximum Gasteiger partial charge on any atom is 0.0451 e. The van der Waals surface area contributed by atoms with Crippen molar-refractivity contribution in [1.29, 1.82) is 0 Å². The van der Waals surface area contributed by atoms with Crippen LogP contribution in [0.15, 0.2) is 24.3 Å². The Morgan fingerprint density at radius 2 is 2.05 bits per heavy atom. The molecule has 0 aromatic heterocycles. The minimum absolute atomic E-state index is 0.475. The zero-order valence-electron chi connectivity index (χ0n) is 13.8. The lowest BCUT2D eigenvalue weighted by Crippen LogP contribution is -2.45. The number of hydrogen-bond acceptors (Lipinski definition) is 2. The maximum absolute atomic E-state index is 6.27. The van der Waals surface area contributed by atoms with Gasteiger partial charge in [0.05, 0.1) is 0 Å². The highest BCUT2D eigenvalue weighted by Crippen LogP contribution is 2.39. The van der Waals surface area contributed by atoms with E-state index in [9.17, 15) is 0 Å². The van der Waals surface area contributed by atoms with Crippen LogP contribution in [-0.4, -0.2) is 31.6 Å². The second kappa shape index (κ2) is 7.13. The number of rotatable bonds is 5. The van der Waals surface area contributed by atoms with Gasteiger partial charge in [-0.15, -0.1) is 0 Å². The summed E-state index contributed by atoms with van der Waals surface area (Å²) in [6, 6.07) is 8.80. The first-order valence-electron chi connectivity index (χ1n) is 8.00. The lowest BCUT2D eigenvalue weighted by molar-refractivity contribution is 0.110. The molecule has 2 rings (SSSR count). The molecule has 1 N–H and O–H groups in total. The zero-order valence-corrected chi connectivity index (χ0v) is 14.6. The van der Waals surface area contributed by atoms with Crippen LogP contribution < -0.4 is 5.32 Å². The van der Waals surface area contributed by atoms with E-state index in [2.05, 4.69) is 50.3 Å². The molecule has 1 aliphatic carbocycles. The van der Waals surface area contributed by atoms with Crippen LogP contribution >= 0.6 is 11.6 Å². The van der Waals surface area contributed by atoms with E-state index < -0.39 is 0 Å². The van der Waals surface area contributed by atoms with Gasteiger partial charge in [0.1, 0.15) is 0 Å². The van der Waals surface area contributed by atoms with Gasteiger partial charge in [0, 0.05) is 24.2 Å². The van der Waals surface area contributed by atoms with Gasteiger partial charge >= 0.3 is 0 Å². The highest BCUT2D eigenvalue weighted by Gasteiger charge is 2.34. The first kappa shape index (κ1) is 16.8. The van der Waals surface area contributed by atoms with Crippen LogP contribution in [-0.2, 0) is 6.54 Å². The molecule has 1 fully saturated rings. The van der Waals surface area contributed by atoms with Crippen LogP contribution in [0.25, 0.3) is 0 Å². The molecule has 21 heavy (non-hydrogen) atoms. The van der Waals surface area contributed by atoms with Crippen LogP contribution in [0.4, 0.5) is 0 Å². The molecular weight excluding hydrogens is 280 g/mol. The normalized spacial score (nSPS) is 25.2. The van der Waals surface area contributed by atoms with Crippen molar-refractivity contribution >= 4 is 11.6 Å². The lowest BCUT2D eigenvalue weighted by atomic mass is 9.69. The van der Waals surface area contributed by atoms with E-state index in [0.717, 1.165) is 18.1 Å². The van der Waals surface area contributed by atoms with E-state index >= 15 is 0 Å². The molecule has 0 amide bonds. The van der Waals surface area contributed by atoms with Gasteiger partial charge < -0.3 is 10.2 Å². The van der Waals surface area contributed by atoms with E-state index in [1.54, 1.807) is 0 Å². The average Bonchev–Trinajstić information content (AvgIpc) is 2.41. The highest BCUT2D eigenvalue weighted by molar-refractivity contribution is 6.31. The van der Waals surface area contributed by atoms with Crippen molar-refractivity contribution in [2.24, 2.45) is 11.3 Å². The van der Waals surface area contributed by atoms with Gasteiger partial charge in [-0.25, -0.2) is 0 Å². The standard InChI is InChI=1S/C18H29ClN2/c1-18(2)10-9-17(20-3)15(11-18)13-21(4)12-14-7-5-6-8-16(14)19/h5-8,15,17,20H,9-13H2,1-4H3. The Balaban J connectivity index is 1.97. The Morgan fingerprint density at radius 1 is 1.33 bits per heavy atom. The summed E-state index contributed by atoms with van der Waals surface area (Å²) in [4.78, 5) is 2.41. The molecule has 2 atom stereocenters. The highest BCUT2D eigenvalue weighted by atomic mass is 35.5. The number of nitrogens with one attached hydrogen (secondary N) is 1. The second-order valence-electron chi connectivity index (χ2n) is 7.35. The summed E-state index contributed by atoms with van der Waals surface area (Å²) in [5.74, 6) is 0.714. The Kier molecular flexibility index (Phi) is 5.70. The summed E-state index contributed by atoms with van der Waals surface area (Å²) >= 11 is 6.27. The van der Waals surface area contributed by atoms with Gasteiger partial charge in [0.2, 0.25) is 0 Å². The van der Waals surface area contributed by atoms with Gasteiger partial charge in [-0.05, 0) is 56.3 Å². The first-order chi connectivity index (χ1) is 9.91. The summed E-state index contributed by atoms with van der Waals surface area (Å²) in [6.45, 7) is 6.85. The van der Waals surface area contributed by atoms with Gasteiger partial charge in [-0.2, -0.15) is 0 Å². The van der Waals surface area contributed by atoms with Crippen molar-refractivity contribution < 1.29 is 0 Å². The van der Waals surface area contributed by atoms with Crippen LogP contribution in [0, 0.1) is 11.3 Å². The molecule has 0 heterocycles. The number of nitrogens with zero attached hydrogens (tertiary/aromatic N) is 1. The Labute approximate surface area is 134 Å². The molecule has 0 radical (unpaired) electrons. The predicted octanol–water partition coefficient (Wildman–Crippen LogP) is 4.19. The molecule has 1 saturated carbocycles. The SMILES string of the molecule is CNC1CCC(C)(C)CC1CN(C)Cc1ccccc1Cl. The fourth-order valence-electron chi connectivity index (χ4n) is 3.69. The molecule has 1 aromatic rings. The quantitative estimate of drug-likeness (QED) is 0.877. The second-order valence-corrected chi connectivity index (χ2v) is 7.76. The molecule has 118 valence electrons. The van der Waals surface area contributed by atoms with E-state index in [4.69, 9.17) is 11.6 Å². The van der Waals surface area contributed by atoms with Crippen LogP contribution in [0.1, 0.15) is 38.7 Å². The maximum atomic E-state index is 6.27. The summed E-state index contributed by atoms with van der Waals surface area (Å²) < 4.78 is 0. The number of halogens is 1. The lowest BCUT2D eigenvalue weighted by Gasteiger charge is -2.42. The van der Waals surface area contributed by atoms with E-state index in [1.807, 2.05) is 12.1 Å². The topological polar surface area (TPSA) is 15.3 Å². The first-order valence-corrected chi connectivity index (χ1v) is 8.38. The molecule has 2 nitrogen and oxygen atoms in total. The van der Waals surface area contributed by atoms with Gasteiger partial charge in [0.25, 0.3) is 0 Å². The molecule has 3 heteroatoms. The van der Waals surface area contributed by atoms with E-state index in [-0.39, 0.29) is 0 Å². The fourth-order valence-corrected chi connectivity index (χ4v) is 3.89. The monoisotopic (exact) mass is 308 g/mol. The summed E-state index contributed by atoms with van der Waals surface area (Å²) in [5, 5.41) is 4.39. The summed E-state index contributed by atoms with van der Waals surface area (Å²) in [5.41, 5.74) is 1.70. The third kappa shape index (κ3) is 4.70. The van der Waals surface area contributed by atoms with Crippen molar-refractivity contribution in [3.8, 4) is 0 Å². The van der Waals surface area contributed by atoms with E-state index in [1.165, 1.54) is 24.8 Å². The third-order valence-corrected chi connectivity index (χ3v) is 5.20. The average molecular weight is 309 g/mol. The summed E-state index contributed by atoms with van der Waals surface area (Å²) in [6.07, 6.45) is 3.91. The fraction of sp³-hybridized carbons (Fsp3) is 0.667. The van der Waals surface area contributed by atoms with Crippen LogP contribution in [0.3, 0.4) is 0 Å². The molecule has 0 aliphatic heterocycles. The molecule has 1 aliphatic rings. The van der Waals surface area contributed by atoms with Crippen LogP contribution in [0.5, 0.6) is 0 Å². The van der Waals surface area contributed by atoms with Crippen molar-refractivity contribution in [2.45, 2.75) is 45.7 Å². The minimum Gasteiger partial charge on any atom is -0.317 e. The predicted molar refractivity (Wildman–Crippen MR) is 91.8 cm³/mol. The smallest absolute Gasteiger partial charge is 0.0451 e. The third-order valence-electron chi connectivity index (χ3n) is 4.83. The minimum atomic E-state index is 0.475. The largest absolute Gasteiger partial charge is 0.317 e. The molecular formula is C18H29ClN2. The zero-order chi connectivity index (χ0) is 15.5. The number of hydrogen-bond donors (Lipinski definition) is 1. The van der Waals surface area contributed by atoms with Gasteiger partial charge in [0.15, 0.2) is 0 Å². The number of benzene rings is 1. The molecule has 1 aromatic carbocycles. The van der Waals surface area contributed by atoms with Gasteiger partial charge in [-0.3, -0.25) is 0 Å². The van der Waals surface area contributed by atoms with Gasteiger partial charge in [-0.1, -0.05) is 43.6 Å². The Bertz CT molecular complexity index is 458.